The molecule has 29 heavy (non-hydrogen) atoms. The lowest BCUT2D eigenvalue weighted by Crippen LogP contribution is -2.33. The lowest BCUT2D eigenvalue weighted by molar-refractivity contribution is -0.139. The van der Waals surface area contributed by atoms with Gasteiger partial charge in [-0.05, 0) is 24.0 Å². The lowest BCUT2D eigenvalue weighted by Gasteiger charge is -2.35. The lowest BCUT2D eigenvalue weighted by atomic mass is 9.73. The van der Waals surface area contributed by atoms with Crippen LogP contribution in [0.15, 0.2) is 83.5 Å². The normalized spacial score (nSPS) is 21.5. The minimum atomic E-state index is -0.580. The number of carbonyl (C=O) groups excluding carboxylic acids is 2. The van der Waals surface area contributed by atoms with Gasteiger partial charge in [0.1, 0.15) is 11.3 Å². The third kappa shape index (κ3) is 3.56. The predicted molar refractivity (Wildman–Crippen MR) is 109 cm³/mol. The fraction of sp³-hybridized carbons (Fsp3) is 0.250. The molecule has 5 heteroatoms. The molecule has 0 saturated heterocycles. The van der Waals surface area contributed by atoms with Crippen molar-refractivity contribution in [2.45, 2.75) is 31.6 Å². The summed E-state index contributed by atoms with van der Waals surface area (Å²) in [7, 11) is 0. The molecule has 148 valence electrons. The van der Waals surface area contributed by atoms with E-state index in [0.717, 1.165) is 11.1 Å². The molecule has 0 amide bonds. The van der Waals surface area contributed by atoms with Gasteiger partial charge in [-0.15, -0.1) is 0 Å². The second-order valence-electron chi connectivity index (χ2n) is 7.22. The first kappa shape index (κ1) is 19.0. The quantitative estimate of drug-likeness (QED) is 0.802. The van der Waals surface area contributed by atoms with Gasteiger partial charge in [0, 0.05) is 18.4 Å². The van der Waals surface area contributed by atoms with Crippen LogP contribution < -0.4 is 5.73 Å². The number of ketones is 1. The molecule has 2 N–H and O–H groups in total. The van der Waals surface area contributed by atoms with Gasteiger partial charge in [0.05, 0.1) is 12.5 Å². The second kappa shape index (κ2) is 7.95. The van der Waals surface area contributed by atoms with Gasteiger partial charge in [-0.1, -0.05) is 60.7 Å². The van der Waals surface area contributed by atoms with Crippen LogP contribution in [0.2, 0.25) is 0 Å². The molecule has 1 aliphatic heterocycles. The molecule has 2 aliphatic rings. The molecule has 5 nitrogen and oxygen atoms in total. The van der Waals surface area contributed by atoms with Crippen LogP contribution in [0.5, 0.6) is 0 Å². The topological polar surface area (TPSA) is 78.6 Å². The summed E-state index contributed by atoms with van der Waals surface area (Å²) < 4.78 is 11.1. The Bertz CT molecular complexity index is 992. The highest BCUT2D eigenvalue weighted by molar-refractivity contribution is 6.03. The predicted octanol–water partition coefficient (Wildman–Crippen LogP) is 3.93. The van der Waals surface area contributed by atoms with E-state index in [2.05, 4.69) is 0 Å². The smallest absolute Gasteiger partial charge is 0.340 e. The largest absolute Gasteiger partial charge is 0.462 e. The molecule has 2 aromatic rings. The number of Topliss-reactive ketones (excluding diaryl/α,β-unsaturated/α-hetero) is 1. The summed E-state index contributed by atoms with van der Waals surface area (Å²) in [6, 6.07) is 19.4. The molecule has 0 bridgehead atoms. The van der Waals surface area contributed by atoms with E-state index in [4.69, 9.17) is 15.2 Å². The number of nitrogens with two attached hydrogens (primary N) is 1. The van der Waals surface area contributed by atoms with Crippen molar-refractivity contribution in [2.75, 3.05) is 6.61 Å². The average molecular weight is 389 g/mol. The fourth-order valence-corrected chi connectivity index (χ4v) is 4.16. The molecule has 0 spiro atoms. The Morgan fingerprint density at radius 2 is 1.66 bits per heavy atom. The zero-order chi connectivity index (χ0) is 20.4. The maximum Gasteiger partial charge on any atom is 0.340 e. The zero-order valence-electron chi connectivity index (χ0n) is 16.3. The molecular formula is C24H23NO4. The van der Waals surface area contributed by atoms with Gasteiger partial charge in [-0.3, -0.25) is 4.79 Å². The van der Waals surface area contributed by atoms with Crippen LogP contribution in [0.25, 0.3) is 0 Å². The van der Waals surface area contributed by atoms with Gasteiger partial charge in [0.2, 0.25) is 5.88 Å². The first-order valence-corrected chi connectivity index (χ1v) is 9.80. The molecule has 0 fully saturated rings. The van der Waals surface area contributed by atoms with Crippen LogP contribution in [0, 0.1) is 0 Å². The van der Waals surface area contributed by atoms with E-state index in [9.17, 15) is 9.59 Å². The number of allylic oxidation sites excluding steroid dienone is 2. The van der Waals surface area contributed by atoms with Gasteiger partial charge >= 0.3 is 5.97 Å². The molecule has 0 unspecified atom stereocenters. The average Bonchev–Trinajstić information content (AvgIpc) is 2.74. The molecule has 4 rings (SSSR count). The van der Waals surface area contributed by atoms with Crippen LogP contribution >= 0.6 is 0 Å². The number of ether oxygens (including phenoxy) is 2. The minimum absolute atomic E-state index is 0.0116. The van der Waals surface area contributed by atoms with Crippen LogP contribution in [0.4, 0.5) is 0 Å². The Kier molecular flexibility index (Phi) is 5.21. The van der Waals surface area contributed by atoms with E-state index in [1.807, 2.05) is 60.7 Å². The Labute approximate surface area is 169 Å². The van der Waals surface area contributed by atoms with Gasteiger partial charge in [-0.25, -0.2) is 4.79 Å². The van der Waals surface area contributed by atoms with Crippen LogP contribution in [0.3, 0.4) is 0 Å². The zero-order valence-corrected chi connectivity index (χ0v) is 16.3. The maximum atomic E-state index is 13.3. The standard InChI is InChI=1S/C24H23NO4/c1-2-28-24(27)22-20(16-11-7-4-8-12-16)21-18(26)13-17(14-19(21)29-23(22)25)15-9-5-3-6-10-15/h3-12,17,20H,2,13-14,25H2,1H3/t17-,20-/m0/s1. The van der Waals surface area contributed by atoms with Gasteiger partial charge in [0.25, 0.3) is 0 Å². The number of hydrogen-bond donors (Lipinski definition) is 1. The highest BCUT2D eigenvalue weighted by atomic mass is 16.5. The summed E-state index contributed by atoms with van der Waals surface area (Å²) in [5, 5.41) is 0. The van der Waals surface area contributed by atoms with Crippen molar-refractivity contribution in [3.63, 3.8) is 0 Å². The molecular weight excluding hydrogens is 366 g/mol. The Morgan fingerprint density at radius 1 is 1.03 bits per heavy atom. The second-order valence-corrected chi connectivity index (χ2v) is 7.22. The van der Waals surface area contributed by atoms with Crippen LogP contribution in [-0.2, 0) is 19.1 Å². The molecule has 1 aliphatic carbocycles. The summed E-state index contributed by atoms with van der Waals surface area (Å²) in [5.41, 5.74) is 8.81. The summed E-state index contributed by atoms with van der Waals surface area (Å²) in [5.74, 6) is -0.572. The molecule has 0 aromatic heterocycles. The number of benzene rings is 2. The number of carbonyl (C=O) groups is 2. The van der Waals surface area contributed by atoms with Crippen molar-refractivity contribution < 1.29 is 19.1 Å². The van der Waals surface area contributed by atoms with E-state index in [1.165, 1.54) is 0 Å². The maximum absolute atomic E-state index is 13.3. The van der Waals surface area contributed by atoms with E-state index in [1.54, 1.807) is 6.92 Å². The minimum Gasteiger partial charge on any atom is -0.462 e. The van der Waals surface area contributed by atoms with E-state index < -0.39 is 11.9 Å². The molecule has 2 aromatic carbocycles. The Hall–Kier alpha value is -3.34. The summed E-state index contributed by atoms with van der Waals surface area (Å²) >= 11 is 0. The van der Waals surface area contributed by atoms with E-state index >= 15 is 0 Å². The van der Waals surface area contributed by atoms with E-state index in [-0.39, 0.29) is 29.8 Å². The summed E-state index contributed by atoms with van der Waals surface area (Å²) in [6.45, 7) is 1.95. The number of esters is 1. The molecule has 2 atom stereocenters. The van der Waals surface area contributed by atoms with Crippen molar-refractivity contribution >= 4 is 11.8 Å². The first-order valence-electron chi connectivity index (χ1n) is 9.80. The van der Waals surface area contributed by atoms with Crippen molar-refractivity contribution in [1.82, 2.24) is 0 Å². The first-order chi connectivity index (χ1) is 14.1. The van der Waals surface area contributed by atoms with Gasteiger partial charge in [-0.2, -0.15) is 0 Å². The van der Waals surface area contributed by atoms with Crippen molar-refractivity contribution in [3.8, 4) is 0 Å². The van der Waals surface area contributed by atoms with E-state index in [0.29, 0.717) is 24.2 Å². The SMILES string of the molecule is CCOC(=O)C1=C(N)OC2=C(C(=O)C[C@H](c3ccccc3)C2)[C@@H]1c1ccccc1. The number of rotatable bonds is 4. The summed E-state index contributed by atoms with van der Waals surface area (Å²) in [4.78, 5) is 26.0. The third-order valence-electron chi connectivity index (χ3n) is 5.44. The Morgan fingerprint density at radius 3 is 2.28 bits per heavy atom. The number of hydrogen-bond acceptors (Lipinski definition) is 5. The van der Waals surface area contributed by atoms with Crippen molar-refractivity contribution in [1.29, 1.82) is 0 Å². The highest BCUT2D eigenvalue weighted by Gasteiger charge is 2.43. The van der Waals surface area contributed by atoms with Crippen LogP contribution in [0.1, 0.15) is 42.7 Å². The van der Waals surface area contributed by atoms with Crippen molar-refractivity contribution in [2.24, 2.45) is 5.73 Å². The molecule has 0 radical (unpaired) electrons. The van der Waals surface area contributed by atoms with Gasteiger partial charge < -0.3 is 15.2 Å². The molecule has 1 heterocycles. The summed E-state index contributed by atoms with van der Waals surface area (Å²) in [6.07, 6.45) is 0.927. The van der Waals surface area contributed by atoms with Gasteiger partial charge in [0.15, 0.2) is 5.78 Å². The van der Waals surface area contributed by atoms with Crippen molar-refractivity contribution in [3.05, 3.63) is 94.6 Å². The monoisotopic (exact) mass is 389 g/mol. The highest BCUT2D eigenvalue weighted by Crippen LogP contribution is 2.47. The Balaban J connectivity index is 1.79. The fourth-order valence-electron chi connectivity index (χ4n) is 4.16. The third-order valence-corrected chi connectivity index (χ3v) is 5.44. The molecule has 0 saturated carbocycles. The van der Waals surface area contributed by atoms with Crippen LogP contribution in [-0.4, -0.2) is 18.4 Å².